The average molecular weight is 286 g/mol. The highest BCUT2D eigenvalue weighted by atomic mass is 32.2. The number of hydrogen-bond donors (Lipinski definition) is 2. The van der Waals surface area contributed by atoms with Crippen LogP contribution in [0.5, 0.6) is 0 Å². The Hall–Kier alpha value is -0.430. The fourth-order valence-corrected chi connectivity index (χ4v) is 4.81. The van der Waals surface area contributed by atoms with E-state index in [4.69, 9.17) is 5.73 Å². The van der Waals surface area contributed by atoms with Crippen LogP contribution in [-0.4, -0.2) is 15.0 Å². The zero-order valence-electron chi connectivity index (χ0n) is 10.2. The molecule has 3 rings (SSSR count). The first-order valence-electron chi connectivity index (χ1n) is 6.33. The predicted molar refractivity (Wildman–Crippen MR) is 71.8 cm³/mol. The van der Waals surface area contributed by atoms with Gasteiger partial charge in [-0.15, -0.1) is 11.3 Å². The summed E-state index contributed by atoms with van der Waals surface area (Å²) < 4.78 is 27.0. The van der Waals surface area contributed by atoms with Crippen molar-refractivity contribution in [2.24, 2.45) is 17.1 Å². The van der Waals surface area contributed by atoms with E-state index in [9.17, 15) is 8.42 Å². The average Bonchev–Trinajstić information content (AvgIpc) is 3.24. The van der Waals surface area contributed by atoms with Crippen molar-refractivity contribution >= 4 is 21.4 Å². The van der Waals surface area contributed by atoms with Gasteiger partial charge in [0.15, 0.2) is 0 Å². The Bertz CT molecular complexity index is 542. The first-order chi connectivity index (χ1) is 8.56. The number of sulfonamides is 1. The smallest absolute Gasteiger partial charge is 0.241 e. The fraction of sp³-hybridized carbons (Fsp3) is 0.667. The maximum atomic E-state index is 12.1. The van der Waals surface area contributed by atoms with E-state index in [-0.39, 0.29) is 0 Å². The van der Waals surface area contributed by atoms with Crippen molar-refractivity contribution in [2.75, 3.05) is 6.54 Å². The molecule has 1 aromatic heterocycles. The topological polar surface area (TPSA) is 72.2 Å². The van der Waals surface area contributed by atoms with E-state index in [2.05, 4.69) is 4.72 Å². The van der Waals surface area contributed by atoms with Gasteiger partial charge in [0.2, 0.25) is 10.0 Å². The summed E-state index contributed by atoms with van der Waals surface area (Å²) in [6.07, 6.45) is 4.91. The Morgan fingerprint density at radius 1 is 1.44 bits per heavy atom. The molecule has 0 aromatic carbocycles. The maximum absolute atomic E-state index is 12.1. The van der Waals surface area contributed by atoms with Crippen molar-refractivity contribution in [2.45, 2.75) is 37.1 Å². The lowest BCUT2D eigenvalue weighted by atomic mass is 10.0. The largest absolute Gasteiger partial charge is 0.326 e. The zero-order chi connectivity index (χ0) is 12.8. The van der Waals surface area contributed by atoms with E-state index in [1.807, 2.05) is 0 Å². The van der Waals surface area contributed by atoms with E-state index >= 15 is 0 Å². The van der Waals surface area contributed by atoms with Crippen LogP contribution in [0.3, 0.4) is 0 Å². The molecule has 2 fully saturated rings. The Morgan fingerprint density at radius 2 is 2.17 bits per heavy atom. The molecule has 0 bridgehead atoms. The SMILES string of the molecule is NCc1cc(S(=O)(=O)NCC2(C3CC3)CC2)cs1. The van der Waals surface area contributed by atoms with Gasteiger partial charge in [0.1, 0.15) is 0 Å². The molecule has 18 heavy (non-hydrogen) atoms. The Morgan fingerprint density at radius 3 is 2.67 bits per heavy atom. The summed E-state index contributed by atoms with van der Waals surface area (Å²) in [5.41, 5.74) is 5.79. The summed E-state index contributed by atoms with van der Waals surface area (Å²) in [5.74, 6) is 0.766. The Labute approximate surface area is 112 Å². The number of nitrogens with two attached hydrogens (primary N) is 1. The standard InChI is InChI=1S/C12H18N2O2S2/c13-6-10-5-11(7-17-10)18(15,16)14-8-12(3-4-12)9-1-2-9/h5,7,9,14H,1-4,6,8,13H2. The summed E-state index contributed by atoms with van der Waals surface area (Å²) in [6, 6.07) is 1.67. The molecule has 2 saturated carbocycles. The minimum atomic E-state index is -3.34. The molecular weight excluding hydrogens is 268 g/mol. The molecule has 4 nitrogen and oxygen atoms in total. The molecule has 0 aliphatic heterocycles. The Balaban J connectivity index is 1.67. The second kappa shape index (κ2) is 4.30. The number of hydrogen-bond acceptors (Lipinski definition) is 4. The fourth-order valence-electron chi connectivity index (χ4n) is 2.52. The molecule has 0 unspecified atom stereocenters. The lowest BCUT2D eigenvalue weighted by Crippen LogP contribution is -2.31. The van der Waals surface area contributed by atoms with Crippen LogP contribution in [0.2, 0.25) is 0 Å². The highest BCUT2D eigenvalue weighted by Gasteiger charge is 2.53. The quantitative estimate of drug-likeness (QED) is 0.835. The summed E-state index contributed by atoms with van der Waals surface area (Å²) in [7, 11) is -3.34. The van der Waals surface area contributed by atoms with E-state index in [0.29, 0.717) is 23.4 Å². The number of rotatable bonds is 6. The van der Waals surface area contributed by atoms with Gasteiger partial charge in [-0.1, -0.05) is 0 Å². The van der Waals surface area contributed by atoms with Crippen LogP contribution in [0.4, 0.5) is 0 Å². The molecule has 0 saturated heterocycles. The van der Waals surface area contributed by atoms with Gasteiger partial charge < -0.3 is 5.73 Å². The van der Waals surface area contributed by atoms with Crippen LogP contribution >= 0.6 is 11.3 Å². The van der Waals surface area contributed by atoms with Crippen LogP contribution in [0.15, 0.2) is 16.3 Å². The molecule has 6 heteroatoms. The van der Waals surface area contributed by atoms with Crippen molar-refractivity contribution in [1.29, 1.82) is 0 Å². The van der Waals surface area contributed by atoms with Gasteiger partial charge in [-0.05, 0) is 43.1 Å². The van der Waals surface area contributed by atoms with Gasteiger partial charge in [0.05, 0.1) is 4.90 Å². The molecule has 0 atom stereocenters. The van der Waals surface area contributed by atoms with Gasteiger partial charge in [-0.25, -0.2) is 13.1 Å². The van der Waals surface area contributed by atoms with Gasteiger partial charge in [0.25, 0.3) is 0 Å². The third kappa shape index (κ3) is 2.34. The lowest BCUT2D eigenvalue weighted by molar-refractivity contribution is 0.432. The first kappa shape index (κ1) is 12.6. The van der Waals surface area contributed by atoms with Crippen LogP contribution < -0.4 is 10.5 Å². The molecule has 0 amide bonds. The molecule has 0 spiro atoms. The monoisotopic (exact) mass is 286 g/mol. The zero-order valence-corrected chi connectivity index (χ0v) is 11.8. The third-order valence-corrected chi connectivity index (χ3v) is 6.58. The summed E-state index contributed by atoms with van der Waals surface area (Å²) in [6.45, 7) is 1.00. The normalized spacial score (nSPS) is 22.1. The van der Waals surface area contributed by atoms with Gasteiger partial charge in [-0.3, -0.25) is 0 Å². The molecule has 3 N–H and O–H groups in total. The highest BCUT2D eigenvalue weighted by molar-refractivity contribution is 7.89. The van der Waals surface area contributed by atoms with Crippen molar-refractivity contribution in [3.05, 3.63) is 16.3 Å². The minimum absolute atomic E-state index is 0.291. The van der Waals surface area contributed by atoms with E-state index < -0.39 is 10.0 Å². The first-order valence-corrected chi connectivity index (χ1v) is 8.69. The third-order valence-electron chi connectivity index (χ3n) is 4.09. The second-order valence-electron chi connectivity index (χ2n) is 5.41. The van der Waals surface area contributed by atoms with Crippen LogP contribution in [0.1, 0.15) is 30.6 Å². The summed E-state index contributed by atoms with van der Waals surface area (Å²) in [5, 5.41) is 1.67. The molecular formula is C12H18N2O2S2. The van der Waals surface area contributed by atoms with E-state index in [0.717, 1.165) is 10.8 Å². The van der Waals surface area contributed by atoms with E-state index in [1.54, 1.807) is 11.4 Å². The van der Waals surface area contributed by atoms with Crippen molar-refractivity contribution in [3.63, 3.8) is 0 Å². The number of nitrogens with one attached hydrogen (secondary N) is 1. The summed E-state index contributed by atoms with van der Waals surface area (Å²) >= 11 is 1.40. The van der Waals surface area contributed by atoms with Crippen molar-refractivity contribution in [1.82, 2.24) is 4.72 Å². The van der Waals surface area contributed by atoms with Crippen molar-refractivity contribution < 1.29 is 8.42 Å². The minimum Gasteiger partial charge on any atom is -0.326 e. The highest BCUT2D eigenvalue weighted by Crippen LogP contribution is 2.60. The van der Waals surface area contributed by atoms with Gasteiger partial charge in [-0.2, -0.15) is 0 Å². The maximum Gasteiger partial charge on any atom is 0.241 e. The number of thiophene rings is 1. The lowest BCUT2D eigenvalue weighted by Gasteiger charge is -2.14. The molecule has 2 aliphatic rings. The van der Waals surface area contributed by atoms with Crippen LogP contribution in [-0.2, 0) is 16.6 Å². The molecule has 1 heterocycles. The second-order valence-corrected chi connectivity index (χ2v) is 8.18. The van der Waals surface area contributed by atoms with Gasteiger partial charge >= 0.3 is 0 Å². The van der Waals surface area contributed by atoms with Gasteiger partial charge in [0, 0.05) is 23.3 Å². The van der Waals surface area contributed by atoms with E-state index in [1.165, 1.54) is 37.0 Å². The molecule has 1 aromatic rings. The van der Waals surface area contributed by atoms with Crippen LogP contribution in [0, 0.1) is 11.3 Å². The van der Waals surface area contributed by atoms with Crippen molar-refractivity contribution in [3.8, 4) is 0 Å². The molecule has 0 radical (unpaired) electrons. The van der Waals surface area contributed by atoms with Crippen LogP contribution in [0.25, 0.3) is 0 Å². The predicted octanol–water partition coefficient (Wildman–Crippen LogP) is 1.68. The Kier molecular flexibility index (Phi) is 3.01. The summed E-state index contributed by atoms with van der Waals surface area (Å²) in [4.78, 5) is 1.26. The molecule has 100 valence electrons. The molecule has 2 aliphatic carbocycles.